The van der Waals surface area contributed by atoms with E-state index in [9.17, 15) is 18.4 Å². The molecule has 0 aliphatic carbocycles. The summed E-state index contributed by atoms with van der Waals surface area (Å²) in [6.45, 7) is 3.68. The number of amides is 2. The number of rotatable bonds is 6. The Kier molecular flexibility index (Phi) is 6.02. The minimum absolute atomic E-state index is 0.239. The highest BCUT2D eigenvalue weighted by Gasteiger charge is 2.19. The molecule has 3 N–H and O–H groups in total. The van der Waals surface area contributed by atoms with Gasteiger partial charge in [-0.15, -0.1) is 0 Å². The Balaban J connectivity index is 2.75. The van der Waals surface area contributed by atoms with Gasteiger partial charge in [0.1, 0.15) is 17.7 Å². The van der Waals surface area contributed by atoms with Crippen LogP contribution in [0, 0.1) is 11.6 Å². The standard InChI is InChI=1S/C15H18F2N2O2/c1-9(2)6-7-13(15(18)21)19-14(20)8-10-11(16)4-3-5-12(10)17/h3-6,13H,7-8H2,1-2H3,(H2,18,21)(H,19,20)/t13-/m0/s1. The number of hydrogen-bond acceptors (Lipinski definition) is 2. The summed E-state index contributed by atoms with van der Waals surface area (Å²) in [4.78, 5) is 23.1. The number of nitrogens with one attached hydrogen (secondary N) is 1. The van der Waals surface area contributed by atoms with Crippen LogP contribution in [0.2, 0.25) is 0 Å². The second-order valence-corrected chi connectivity index (χ2v) is 4.92. The Morgan fingerprint density at radius 1 is 1.29 bits per heavy atom. The number of nitrogens with two attached hydrogens (primary N) is 1. The molecule has 6 heteroatoms. The molecule has 114 valence electrons. The predicted molar refractivity (Wildman–Crippen MR) is 75.2 cm³/mol. The second-order valence-electron chi connectivity index (χ2n) is 4.92. The van der Waals surface area contributed by atoms with E-state index in [4.69, 9.17) is 5.73 Å². The van der Waals surface area contributed by atoms with Crippen LogP contribution in [0.25, 0.3) is 0 Å². The third-order valence-corrected chi connectivity index (χ3v) is 2.84. The van der Waals surface area contributed by atoms with Crippen molar-refractivity contribution < 1.29 is 18.4 Å². The van der Waals surface area contributed by atoms with Crippen LogP contribution >= 0.6 is 0 Å². The molecule has 0 fully saturated rings. The van der Waals surface area contributed by atoms with E-state index < -0.39 is 35.9 Å². The van der Waals surface area contributed by atoms with Crippen molar-refractivity contribution in [3.8, 4) is 0 Å². The zero-order valence-corrected chi connectivity index (χ0v) is 12.0. The number of hydrogen-bond donors (Lipinski definition) is 2. The van der Waals surface area contributed by atoms with Crippen LogP contribution in [0.4, 0.5) is 8.78 Å². The van der Waals surface area contributed by atoms with Gasteiger partial charge in [0.05, 0.1) is 6.42 Å². The number of primary amides is 1. The lowest BCUT2D eigenvalue weighted by molar-refractivity contribution is -0.127. The molecule has 0 aliphatic rings. The van der Waals surface area contributed by atoms with Gasteiger partial charge in [0.25, 0.3) is 0 Å². The number of halogens is 2. The maximum Gasteiger partial charge on any atom is 0.240 e. The highest BCUT2D eigenvalue weighted by molar-refractivity contribution is 5.87. The molecular weight excluding hydrogens is 278 g/mol. The fourth-order valence-electron chi connectivity index (χ4n) is 1.71. The van der Waals surface area contributed by atoms with Crippen LogP contribution in [0.5, 0.6) is 0 Å². The van der Waals surface area contributed by atoms with E-state index in [1.165, 1.54) is 6.07 Å². The van der Waals surface area contributed by atoms with Crippen LogP contribution in [0.3, 0.4) is 0 Å². The summed E-state index contributed by atoms with van der Waals surface area (Å²) in [6, 6.07) is 2.45. The molecule has 21 heavy (non-hydrogen) atoms. The quantitative estimate of drug-likeness (QED) is 0.786. The van der Waals surface area contributed by atoms with Crippen LogP contribution in [-0.4, -0.2) is 17.9 Å². The van der Waals surface area contributed by atoms with Gasteiger partial charge >= 0.3 is 0 Å². The Morgan fingerprint density at radius 2 is 1.86 bits per heavy atom. The van der Waals surface area contributed by atoms with E-state index in [0.717, 1.165) is 17.7 Å². The first-order valence-electron chi connectivity index (χ1n) is 6.46. The van der Waals surface area contributed by atoms with Crippen LogP contribution in [0.1, 0.15) is 25.8 Å². The molecule has 0 aromatic heterocycles. The molecule has 2 amide bonds. The number of carbonyl (C=O) groups is 2. The lowest BCUT2D eigenvalue weighted by Gasteiger charge is -2.14. The molecule has 0 saturated heterocycles. The summed E-state index contributed by atoms with van der Waals surface area (Å²) in [5, 5.41) is 2.38. The fourth-order valence-corrected chi connectivity index (χ4v) is 1.71. The van der Waals surface area contributed by atoms with E-state index >= 15 is 0 Å². The van der Waals surface area contributed by atoms with Crippen molar-refractivity contribution in [2.45, 2.75) is 32.7 Å². The molecule has 0 aliphatic heterocycles. The monoisotopic (exact) mass is 296 g/mol. The Hall–Kier alpha value is -2.24. The first-order valence-corrected chi connectivity index (χ1v) is 6.46. The summed E-state index contributed by atoms with van der Waals surface area (Å²) >= 11 is 0. The van der Waals surface area contributed by atoms with E-state index in [0.29, 0.717) is 0 Å². The predicted octanol–water partition coefficient (Wildman–Crippen LogP) is 1.83. The van der Waals surface area contributed by atoms with E-state index in [2.05, 4.69) is 5.32 Å². The van der Waals surface area contributed by atoms with Crippen molar-refractivity contribution in [1.82, 2.24) is 5.32 Å². The maximum atomic E-state index is 13.4. The molecule has 0 bridgehead atoms. The summed E-state index contributed by atoms with van der Waals surface area (Å²) < 4.78 is 26.9. The average molecular weight is 296 g/mol. The molecule has 0 unspecified atom stereocenters. The summed E-state index contributed by atoms with van der Waals surface area (Å²) in [6.07, 6.45) is 1.50. The molecule has 1 atom stereocenters. The van der Waals surface area contributed by atoms with Gasteiger partial charge in [-0.2, -0.15) is 0 Å². The van der Waals surface area contributed by atoms with Gasteiger partial charge in [-0.1, -0.05) is 17.7 Å². The zero-order valence-electron chi connectivity index (χ0n) is 12.0. The van der Waals surface area contributed by atoms with Crippen molar-refractivity contribution in [3.05, 3.63) is 47.0 Å². The largest absolute Gasteiger partial charge is 0.368 e. The van der Waals surface area contributed by atoms with Crippen molar-refractivity contribution in [3.63, 3.8) is 0 Å². The number of carbonyl (C=O) groups excluding carboxylic acids is 2. The summed E-state index contributed by atoms with van der Waals surface area (Å²) in [5.74, 6) is -2.96. The van der Waals surface area contributed by atoms with E-state index in [-0.39, 0.29) is 12.0 Å². The minimum Gasteiger partial charge on any atom is -0.368 e. The van der Waals surface area contributed by atoms with Crippen molar-refractivity contribution in [2.24, 2.45) is 5.73 Å². The fraction of sp³-hybridized carbons (Fsp3) is 0.333. The molecule has 1 aromatic rings. The maximum absolute atomic E-state index is 13.4. The van der Waals surface area contributed by atoms with E-state index in [1.807, 2.05) is 13.8 Å². The highest BCUT2D eigenvalue weighted by atomic mass is 19.1. The molecule has 0 spiro atoms. The summed E-state index contributed by atoms with van der Waals surface area (Å²) in [7, 11) is 0. The SMILES string of the molecule is CC(C)=CC[C@H](NC(=O)Cc1c(F)cccc1F)C(N)=O. The molecule has 0 saturated carbocycles. The molecule has 1 aromatic carbocycles. The topological polar surface area (TPSA) is 72.2 Å². The van der Waals surface area contributed by atoms with Crippen LogP contribution in [0.15, 0.2) is 29.8 Å². The van der Waals surface area contributed by atoms with Crippen molar-refractivity contribution in [1.29, 1.82) is 0 Å². The lowest BCUT2D eigenvalue weighted by Crippen LogP contribution is -2.44. The first-order chi connectivity index (χ1) is 9.81. The highest BCUT2D eigenvalue weighted by Crippen LogP contribution is 2.12. The van der Waals surface area contributed by atoms with E-state index in [1.54, 1.807) is 6.08 Å². The molecule has 1 rings (SSSR count). The second kappa shape index (κ2) is 7.52. The first kappa shape index (κ1) is 16.8. The Morgan fingerprint density at radius 3 is 2.33 bits per heavy atom. The van der Waals surface area contributed by atoms with Crippen LogP contribution < -0.4 is 11.1 Å². The zero-order chi connectivity index (χ0) is 16.0. The average Bonchev–Trinajstić information content (AvgIpc) is 2.38. The summed E-state index contributed by atoms with van der Waals surface area (Å²) in [5.41, 5.74) is 5.83. The molecule has 0 radical (unpaired) electrons. The van der Waals surface area contributed by atoms with Crippen LogP contribution in [-0.2, 0) is 16.0 Å². The molecule has 4 nitrogen and oxygen atoms in total. The van der Waals surface area contributed by atoms with Crippen molar-refractivity contribution >= 4 is 11.8 Å². The number of allylic oxidation sites excluding steroid dienone is 1. The number of benzene rings is 1. The third-order valence-electron chi connectivity index (χ3n) is 2.84. The van der Waals surface area contributed by atoms with Gasteiger partial charge in [0.2, 0.25) is 11.8 Å². The van der Waals surface area contributed by atoms with Crippen molar-refractivity contribution in [2.75, 3.05) is 0 Å². The van der Waals surface area contributed by atoms with Gasteiger partial charge in [-0.3, -0.25) is 9.59 Å². The Bertz CT molecular complexity index is 547. The third kappa shape index (κ3) is 5.33. The Labute approximate surface area is 122 Å². The smallest absolute Gasteiger partial charge is 0.240 e. The minimum atomic E-state index is -0.901. The lowest BCUT2D eigenvalue weighted by atomic mass is 10.1. The van der Waals surface area contributed by atoms with Gasteiger partial charge in [0, 0.05) is 5.56 Å². The molecule has 0 heterocycles. The van der Waals surface area contributed by atoms with Gasteiger partial charge < -0.3 is 11.1 Å². The van der Waals surface area contributed by atoms with Gasteiger partial charge in [0.15, 0.2) is 0 Å². The normalized spacial score (nSPS) is 11.6. The van der Waals surface area contributed by atoms with Gasteiger partial charge in [-0.05, 0) is 32.4 Å². The van der Waals surface area contributed by atoms with Gasteiger partial charge in [-0.25, -0.2) is 8.78 Å². The molecular formula is C15H18F2N2O2.